The maximum absolute atomic E-state index is 5.94. The summed E-state index contributed by atoms with van der Waals surface area (Å²) in [6.45, 7) is 3.90. The minimum atomic E-state index is 0.387. The Labute approximate surface area is 120 Å². The SMILES string of the molecule is COC1CCCC(OCCNC(C)c2cccs2)C1. The molecular weight excluding hydrogens is 258 g/mol. The summed E-state index contributed by atoms with van der Waals surface area (Å²) in [5.74, 6) is 0. The Morgan fingerprint density at radius 3 is 3.00 bits per heavy atom. The summed E-state index contributed by atoms with van der Waals surface area (Å²) in [5, 5.41) is 5.63. The molecule has 1 N–H and O–H groups in total. The minimum absolute atomic E-state index is 0.387. The van der Waals surface area contributed by atoms with E-state index in [9.17, 15) is 0 Å². The zero-order valence-electron chi connectivity index (χ0n) is 11.9. The Bertz CT molecular complexity index is 342. The van der Waals surface area contributed by atoms with Gasteiger partial charge >= 0.3 is 0 Å². The predicted octanol–water partition coefficient (Wildman–Crippen LogP) is 3.37. The minimum Gasteiger partial charge on any atom is -0.381 e. The second kappa shape index (κ2) is 8.00. The normalized spacial score (nSPS) is 25.4. The van der Waals surface area contributed by atoms with Gasteiger partial charge in [0.1, 0.15) is 0 Å². The molecule has 2 rings (SSSR count). The van der Waals surface area contributed by atoms with Crippen LogP contribution in [0.25, 0.3) is 0 Å². The van der Waals surface area contributed by atoms with Crippen molar-refractivity contribution in [2.75, 3.05) is 20.3 Å². The third-order valence-electron chi connectivity index (χ3n) is 3.79. The van der Waals surface area contributed by atoms with Crippen LogP contribution in [0, 0.1) is 0 Å². The topological polar surface area (TPSA) is 30.5 Å². The highest BCUT2D eigenvalue weighted by molar-refractivity contribution is 7.10. The van der Waals surface area contributed by atoms with Crippen LogP contribution in [-0.2, 0) is 9.47 Å². The van der Waals surface area contributed by atoms with Crippen LogP contribution in [0.4, 0.5) is 0 Å². The molecule has 0 spiro atoms. The first-order valence-corrected chi connectivity index (χ1v) is 8.08. The van der Waals surface area contributed by atoms with Gasteiger partial charge in [0, 0.05) is 24.6 Å². The monoisotopic (exact) mass is 283 g/mol. The smallest absolute Gasteiger partial charge is 0.0600 e. The molecule has 19 heavy (non-hydrogen) atoms. The molecule has 0 amide bonds. The summed E-state index contributed by atoms with van der Waals surface area (Å²) in [4.78, 5) is 1.39. The number of rotatable bonds is 7. The first-order valence-electron chi connectivity index (χ1n) is 7.20. The molecule has 1 aliphatic carbocycles. The van der Waals surface area contributed by atoms with E-state index in [1.807, 2.05) is 0 Å². The summed E-state index contributed by atoms with van der Waals surface area (Å²) >= 11 is 1.80. The summed E-state index contributed by atoms with van der Waals surface area (Å²) in [6.07, 6.45) is 5.43. The van der Waals surface area contributed by atoms with E-state index in [-0.39, 0.29) is 0 Å². The van der Waals surface area contributed by atoms with Crippen molar-refractivity contribution in [3.63, 3.8) is 0 Å². The average molecular weight is 283 g/mol. The quantitative estimate of drug-likeness (QED) is 0.778. The van der Waals surface area contributed by atoms with Crippen LogP contribution in [-0.4, -0.2) is 32.5 Å². The molecule has 0 bridgehead atoms. The molecule has 0 aliphatic heterocycles. The lowest BCUT2D eigenvalue weighted by atomic mass is 9.95. The molecule has 1 aromatic rings. The second-order valence-electron chi connectivity index (χ2n) is 5.21. The molecule has 3 unspecified atom stereocenters. The molecule has 0 aromatic carbocycles. The lowest BCUT2D eigenvalue weighted by Gasteiger charge is -2.28. The Hall–Kier alpha value is -0.420. The number of hydrogen-bond acceptors (Lipinski definition) is 4. The first-order chi connectivity index (χ1) is 9.29. The van der Waals surface area contributed by atoms with Crippen molar-refractivity contribution in [2.24, 2.45) is 0 Å². The standard InChI is InChI=1S/C15H25NO2S/c1-12(15-7-4-10-19-15)16-8-9-18-14-6-3-5-13(11-14)17-2/h4,7,10,12-14,16H,3,5-6,8-9,11H2,1-2H3. The van der Waals surface area contributed by atoms with Gasteiger partial charge in [0.2, 0.25) is 0 Å². The molecule has 0 radical (unpaired) electrons. The maximum atomic E-state index is 5.94. The zero-order valence-corrected chi connectivity index (χ0v) is 12.7. The van der Waals surface area contributed by atoms with E-state index in [0.29, 0.717) is 18.2 Å². The molecule has 1 saturated carbocycles. The van der Waals surface area contributed by atoms with E-state index in [1.54, 1.807) is 18.4 Å². The highest BCUT2D eigenvalue weighted by atomic mass is 32.1. The average Bonchev–Trinajstić information content (AvgIpc) is 2.98. The van der Waals surface area contributed by atoms with Gasteiger partial charge in [0.15, 0.2) is 0 Å². The highest BCUT2D eigenvalue weighted by Crippen LogP contribution is 2.23. The molecule has 1 aliphatic rings. The van der Waals surface area contributed by atoms with Crippen molar-refractivity contribution in [3.05, 3.63) is 22.4 Å². The van der Waals surface area contributed by atoms with Gasteiger partial charge < -0.3 is 14.8 Å². The van der Waals surface area contributed by atoms with Gasteiger partial charge in [-0.15, -0.1) is 11.3 Å². The number of ether oxygens (including phenoxy) is 2. The Morgan fingerprint density at radius 1 is 1.42 bits per heavy atom. The molecule has 108 valence electrons. The summed E-state index contributed by atoms with van der Waals surface area (Å²) < 4.78 is 11.4. The summed E-state index contributed by atoms with van der Waals surface area (Å²) in [5.41, 5.74) is 0. The van der Waals surface area contributed by atoms with Gasteiger partial charge in [-0.05, 0) is 44.1 Å². The predicted molar refractivity (Wildman–Crippen MR) is 79.7 cm³/mol. The summed E-state index contributed by atoms with van der Waals surface area (Å²) in [7, 11) is 1.80. The van der Waals surface area contributed by atoms with Crippen molar-refractivity contribution in [3.8, 4) is 0 Å². The van der Waals surface area contributed by atoms with Crippen molar-refractivity contribution in [1.29, 1.82) is 0 Å². The van der Waals surface area contributed by atoms with E-state index < -0.39 is 0 Å². The Morgan fingerprint density at radius 2 is 2.26 bits per heavy atom. The molecule has 4 heteroatoms. The van der Waals surface area contributed by atoms with Gasteiger partial charge in [-0.25, -0.2) is 0 Å². The molecule has 1 heterocycles. The van der Waals surface area contributed by atoms with Gasteiger partial charge in [-0.2, -0.15) is 0 Å². The number of nitrogens with one attached hydrogen (secondary N) is 1. The maximum Gasteiger partial charge on any atom is 0.0600 e. The van der Waals surface area contributed by atoms with Crippen LogP contribution in [0.1, 0.15) is 43.5 Å². The largest absolute Gasteiger partial charge is 0.381 e. The molecule has 3 nitrogen and oxygen atoms in total. The third kappa shape index (κ3) is 4.88. The van der Waals surface area contributed by atoms with Gasteiger partial charge in [-0.3, -0.25) is 0 Å². The number of hydrogen-bond donors (Lipinski definition) is 1. The first kappa shape index (κ1) is 15.0. The van der Waals surface area contributed by atoms with Crippen molar-refractivity contribution >= 4 is 11.3 Å². The van der Waals surface area contributed by atoms with Crippen LogP contribution < -0.4 is 5.32 Å². The fourth-order valence-corrected chi connectivity index (χ4v) is 3.37. The lowest BCUT2D eigenvalue weighted by Crippen LogP contribution is -2.30. The van der Waals surface area contributed by atoms with Crippen LogP contribution in [0.3, 0.4) is 0 Å². The van der Waals surface area contributed by atoms with Crippen LogP contribution in [0.5, 0.6) is 0 Å². The Balaban J connectivity index is 1.59. The van der Waals surface area contributed by atoms with E-state index in [4.69, 9.17) is 9.47 Å². The van der Waals surface area contributed by atoms with Crippen LogP contribution in [0.2, 0.25) is 0 Å². The van der Waals surface area contributed by atoms with Crippen LogP contribution >= 0.6 is 11.3 Å². The molecule has 1 fully saturated rings. The third-order valence-corrected chi connectivity index (χ3v) is 4.84. The second-order valence-corrected chi connectivity index (χ2v) is 6.19. The van der Waals surface area contributed by atoms with Crippen molar-refractivity contribution in [2.45, 2.75) is 50.9 Å². The van der Waals surface area contributed by atoms with E-state index in [0.717, 1.165) is 19.6 Å². The molecule has 3 atom stereocenters. The fraction of sp³-hybridized carbons (Fsp3) is 0.733. The zero-order chi connectivity index (χ0) is 13.5. The number of thiophene rings is 1. The molecule has 0 saturated heterocycles. The van der Waals surface area contributed by atoms with E-state index >= 15 is 0 Å². The van der Waals surface area contributed by atoms with Gasteiger partial charge in [0.25, 0.3) is 0 Å². The van der Waals surface area contributed by atoms with Gasteiger partial charge in [0.05, 0.1) is 18.8 Å². The molecular formula is C15H25NO2S. The fourth-order valence-electron chi connectivity index (χ4n) is 2.61. The van der Waals surface area contributed by atoms with Gasteiger partial charge in [-0.1, -0.05) is 6.07 Å². The summed E-state index contributed by atoms with van der Waals surface area (Å²) in [6, 6.07) is 4.69. The Kier molecular flexibility index (Phi) is 6.31. The van der Waals surface area contributed by atoms with E-state index in [2.05, 4.69) is 29.8 Å². The number of methoxy groups -OCH3 is 1. The van der Waals surface area contributed by atoms with Crippen molar-refractivity contribution < 1.29 is 9.47 Å². The van der Waals surface area contributed by atoms with Crippen molar-refractivity contribution in [1.82, 2.24) is 5.32 Å². The van der Waals surface area contributed by atoms with E-state index in [1.165, 1.54) is 24.1 Å². The lowest BCUT2D eigenvalue weighted by molar-refractivity contribution is -0.0285. The molecule has 1 aromatic heterocycles. The highest BCUT2D eigenvalue weighted by Gasteiger charge is 2.21. The van der Waals surface area contributed by atoms with Crippen LogP contribution in [0.15, 0.2) is 17.5 Å².